The quantitative estimate of drug-likeness (QED) is 0.857. The maximum atomic E-state index is 12.8. The van der Waals surface area contributed by atoms with Crippen molar-refractivity contribution < 1.29 is 9.53 Å². The van der Waals surface area contributed by atoms with E-state index in [2.05, 4.69) is 40.5 Å². The predicted octanol–water partition coefficient (Wildman–Crippen LogP) is 3.06. The van der Waals surface area contributed by atoms with Crippen LogP contribution in [-0.2, 0) is 17.6 Å². The van der Waals surface area contributed by atoms with Gasteiger partial charge < -0.3 is 10.1 Å². The summed E-state index contributed by atoms with van der Waals surface area (Å²) in [6.45, 7) is 3.48. The number of morpholine rings is 1. The molecule has 0 bridgehead atoms. The predicted molar refractivity (Wildman–Crippen MR) is 107 cm³/mol. The molecule has 2 fully saturated rings. The minimum absolute atomic E-state index is 0.00538. The van der Waals surface area contributed by atoms with Crippen LogP contribution in [0.5, 0.6) is 0 Å². The van der Waals surface area contributed by atoms with Crippen LogP contribution >= 0.6 is 0 Å². The molecule has 2 saturated heterocycles. The molecule has 2 heterocycles. The second-order valence-corrected chi connectivity index (χ2v) is 7.60. The van der Waals surface area contributed by atoms with Gasteiger partial charge in [-0.15, -0.1) is 0 Å². The monoisotopic (exact) mass is 364 g/mol. The van der Waals surface area contributed by atoms with Crippen LogP contribution in [0.4, 0.5) is 0 Å². The van der Waals surface area contributed by atoms with Crippen LogP contribution in [-0.4, -0.2) is 49.2 Å². The topological polar surface area (TPSA) is 41.6 Å². The fourth-order valence-electron chi connectivity index (χ4n) is 4.19. The lowest BCUT2D eigenvalue weighted by Crippen LogP contribution is -2.50. The third-order valence-electron chi connectivity index (χ3n) is 5.74. The van der Waals surface area contributed by atoms with Gasteiger partial charge in [0.05, 0.1) is 12.7 Å². The average Bonchev–Trinajstić information content (AvgIpc) is 3.19. The molecule has 0 spiro atoms. The normalized spacial score (nSPS) is 22.4. The third kappa shape index (κ3) is 4.57. The van der Waals surface area contributed by atoms with Crippen molar-refractivity contribution >= 4 is 5.91 Å². The fraction of sp³-hybridized carbons (Fsp3) is 0.435. The average molecular weight is 364 g/mol. The summed E-state index contributed by atoms with van der Waals surface area (Å²) in [7, 11) is 0. The smallest absolute Gasteiger partial charge is 0.251 e. The van der Waals surface area contributed by atoms with Crippen LogP contribution in [0.2, 0.25) is 0 Å². The zero-order valence-electron chi connectivity index (χ0n) is 15.8. The Morgan fingerprint density at radius 2 is 1.89 bits per heavy atom. The minimum atomic E-state index is 0.00538. The molecular weight excluding hydrogens is 336 g/mol. The van der Waals surface area contributed by atoms with E-state index in [4.69, 9.17) is 4.74 Å². The van der Waals surface area contributed by atoms with E-state index in [0.717, 1.165) is 37.1 Å². The van der Waals surface area contributed by atoms with E-state index < -0.39 is 0 Å². The highest BCUT2D eigenvalue weighted by Crippen LogP contribution is 2.22. The van der Waals surface area contributed by atoms with Crippen molar-refractivity contribution in [3.05, 3.63) is 71.3 Å². The SMILES string of the molecule is O=C(NCC1CN2CCCC2CO1)c1ccccc1CCc1ccccc1. The lowest BCUT2D eigenvalue weighted by molar-refractivity contribution is -0.0461. The highest BCUT2D eigenvalue weighted by atomic mass is 16.5. The van der Waals surface area contributed by atoms with E-state index in [9.17, 15) is 4.79 Å². The van der Waals surface area contributed by atoms with Gasteiger partial charge >= 0.3 is 0 Å². The Hall–Kier alpha value is -2.17. The lowest BCUT2D eigenvalue weighted by Gasteiger charge is -2.35. The first-order valence-corrected chi connectivity index (χ1v) is 10.1. The maximum Gasteiger partial charge on any atom is 0.251 e. The number of carbonyl (C=O) groups excluding carboxylic acids is 1. The first kappa shape index (κ1) is 18.2. The fourth-order valence-corrected chi connectivity index (χ4v) is 4.19. The van der Waals surface area contributed by atoms with Crippen molar-refractivity contribution in [3.8, 4) is 0 Å². The molecule has 2 atom stereocenters. The maximum absolute atomic E-state index is 12.8. The van der Waals surface area contributed by atoms with Gasteiger partial charge in [-0.05, 0) is 49.4 Å². The number of benzene rings is 2. The molecule has 4 nitrogen and oxygen atoms in total. The molecule has 142 valence electrons. The first-order chi connectivity index (χ1) is 13.3. The summed E-state index contributed by atoms with van der Waals surface area (Å²) in [5.41, 5.74) is 3.18. The molecule has 1 amide bonds. The van der Waals surface area contributed by atoms with Crippen molar-refractivity contribution in [2.24, 2.45) is 0 Å². The zero-order chi connectivity index (χ0) is 18.5. The summed E-state index contributed by atoms with van der Waals surface area (Å²) in [5.74, 6) is 0.00538. The second kappa shape index (κ2) is 8.68. The number of nitrogens with zero attached hydrogens (tertiary/aromatic N) is 1. The molecule has 0 radical (unpaired) electrons. The van der Waals surface area contributed by atoms with Crippen molar-refractivity contribution in [2.45, 2.75) is 37.8 Å². The number of hydrogen-bond acceptors (Lipinski definition) is 3. The van der Waals surface area contributed by atoms with E-state index in [1.807, 2.05) is 24.3 Å². The van der Waals surface area contributed by atoms with E-state index in [1.165, 1.54) is 24.9 Å². The van der Waals surface area contributed by atoms with Gasteiger partial charge in [0.25, 0.3) is 5.91 Å². The standard InChI is InChI=1S/C23H28N2O2/c26-23(24-15-21-16-25-14-6-10-20(25)17-27-21)22-11-5-4-9-19(22)13-12-18-7-2-1-3-8-18/h1-5,7-9,11,20-21H,6,10,12-17H2,(H,24,26). The number of rotatable bonds is 6. The Labute approximate surface area is 161 Å². The van der Waals surface area contributed by atoms with Crippen molar-refractivity contribution in [1.29, 1.82) is 0 Å². The number of nitrogens with one attached hydrogen (secondary N) is 1. The van der Waals surface area contributed by atoms with Gasteiger partial charge in [0.15, 0.2) is 0 Å². The number of amides is 1. The van der Waals surface area contributed by atoms with Gasteiger partial charge in [-0.1, -0.05) is 48.5 Å². The summed E-state index contributed by atoms with van der Waals surface area (Å²) in [6.07, 6.45) is 4.41. The molecule has 2 aromatic carbocycles. The van der Waals surface area contributed by atoms with E-state index in [0.29, 0.717) is 12.6 Å². The van der Waals surface area contributed by atoms with Gasteiger partial charge in [-0.2, -0.15) is 0 Å². The number of aryl methyl sites for hydroxylation is 2. The molecule has 2 aromatic rings. The summed E-state index contributed by atoms with van der Waals surface area (Å²) in [4.78, 5) is 15.3. The summed E-state index contributed by atoms with van der Waals surface area (Å²) in [5, 5.41) is 3.10. The molecular formula is C23H28N2O2. The molecule has 4 heteroatoms. The summed E-state index contributed by atoms with van der Waals surface area (Å²) >= 11 is 0. The van der Waals surface area contributed by atoms with Crippen LogP contribution in [0, 0.1) is 0 Å². The van der Waals surface area contributed by atoms with Crippen LogP contribution in [0.15, 0.2) is 54.6 Å². The highest BCUT2D eigenvalue weighted by molar-refractivity contribution is 5.95. The minimum Gasteiger partial charge on any atom is -0.373 e. The Morgan fingerprint density at radius 3 is 2.78 bits per heavy atom. The van der Waals surface area contributed by atoms with Crippen LogP contribution < -0.4 is 5.32 Å². The summed E-state index contributed by atoms with van der Waals surface area (Å²) in [6, 6.07) is 18.9. The van der Waals surface area contributed by atoms with Crippen molar-refractivity contribution in [3.63, 3.8) is 0 Å². The molecule has 4 rings (SSSR count). The van der Waals surface area contributed by atoms with Gasteiger partial charge in [0.1, 0.15) is 0 Å². The molecule has 2 unspecified atom stereocenters. The number of carbonyl (C=O) groups is 1. The molecule has 2 aliphatic rings. The van der Waals surface area contributed by atoms with Crippen LogP contribution in [0.25, 0.3) is 0 Å². The van der Waals surface area contributed by atoms with Gasteiger partial charge in [0, 0.05) is 24.7 Å². The van der Waals surface area contributed by atoms with Crippen molar-refractivity contribution in [1.82, 2.24) is 10.2 Å². The summed E-state index contributed by atoms with van der Waals surface area (Å²) < 4.78 is 5.96. The first-order valence-electron chi connectivity index (χ1n) is 10.1. The largest absolute Gasteiger partial charge is 0.373 e. The Bertz CT molecular complexity index is 762. The van der Waals surface area contributed by atoms with Gasteiger partial charge in [0.2, 0.25) is 0 Å². The zero-order valence-corrected chi connectivity index (χ0v) is 15.8. The van der Waals surface area contributed by atoms with Crippen LogP contribution in [0.3, 0.4) is 0 Å². The lowest BCUT2D eigenvalue weighted by atomic mass is 9.99. The van der Waals surface area contributed by atoms with E-state index in [1.54, 1.807) is 0 Å². The van der Waals surface area contributed by atoms with Gasteiger partial charge in [-0.3, -0.25) is 9.69 Å². The number of ether oxygens (including phenoxy) is 1. The molecule has 0 saturated carbocycles. The molecule has 2 aliphatic heterocycles. The highest BCUT2D eigenvalue weighted by Gasteiger charge is 2.32. The van der Waals surface area contributed by atoms with Crippen LogP contribution in [0.1, 0.15) is 34.3 Å². The Morgan fingerprint density at radius 1 is 1.07 bits per heavy atom. The van der Waals surface area contributed by atoms with Crippen molar-refractivity contribution in [2.75, 3.05) is 26.2 Å². The van der Waals surface area contributed by atoms with E-state index >= 15 is 0 Å². The third-order valence-corrected chi connectivity index (χ3v) is 5.74. The number of fused-ring (bicyclic) bond motifs is 1. The second-order valence-electron chi connectivity index (χ2n) is 7.60. The van der Waals surface area contributed by atoms with E-state index in [-0.39, 0.29) is 12.0 Å². The van der Waals surface area contributed by atoms with Gasteiger partial charge in [-0.25, -0.2) is 0 Å². The number of hydrogen-bond donors (Lipinski definition) is 1. The molecule has 1 N–H and O–H groups in total. The molecule has 27 heavy (non-hydrogen) atoms. The molecule has 0 aromatic heterocycles. The molecule has 0 aliphatic carbocycles. The Kier molecular flexibility index (Phi) is 5.85. The Balaban J connectivity index is 1.33.